The van der Waals surface area contributed by atoms with E-state index >= 15 is 0 Å². The fourth-order valence-electron chi connectivity index (χ4n) is 3.77. The Bertz CT molecular complexity index is 802. The van der Waals surface area contributed by atoms with Crippen LogP contribution in [-0.4, -0.2) is 42.2 Å². The van der Waals surface area contributed by atoms with E-state index in [9.17, 15) is 14.3 Å². The van der Waals surface area contributed by atoms with E-state index in [1.165, 1.54) is 12.1 Å². The number of benzene rings is 2. The first-order chi connectivity index (χ1) is 13.5. The van der Waals surface area contributed by atoms with Crippen LogP contribution in [0.5, 0.6) is 11.5 Å². The molecule has 1 heterocycles. The van der Waals surface area contributed by atoms with E-state index in [-0.39, 0.29) is 23.5 Å². The summed E-state index contributed by atoms with van der Waals surface area (Å²) in [5.41, 5.74) is 1.58. The minimum atomic E-state index is -0.305. The molecule has 0 unspecified atom stereocenters. The van der Waals surface area contributed by atoms with Gasteiger partial charge < -0.3 is 14.7 Å². The number of anilines is 1. The van der Waals surface area contributed by atoms with Gasteiger partial charge in [0.25, 0.3) is 0 Å². The molecule has 3 rings (SSSR count). The van der Waals surface area contributed by atoms with E-state index in [1.807, 2.05) is 24.0 Å². The molecule has 1 N–H and O–H groups in total. The van der Waals surface area contributed by atoms with Crippen molar-refractivity contribution < 1.29 is 19.0 Å². The zero-order valence-corrected chi connectivity index (χ0v) is 16.4. The molecule has 0 saturated carbocycles. The second kappa shape index (κ2) is 9.06. The van der Waals surface area contributed by atoms with E-state index < -0.39 is 0 Å². The summed E-state index contributed by atoms with van der Waals surface area (Å²) in [6.07, 6.45) is 2.07. The Balaban J connectivity index is 1.67. The SMILES string of the molecule is CCC(=O)N(c1ccc(F)cc1)C1CCN(Cc2cccc(OC)c2O)CC1. The fourth-order valence-corrected chi connectivity index (χ4v) is 3.77. The minimum Gasteiger partial charge on any atom is -0.504 e. The smallest absolute Gasteiger partial charge is 0.226 e. The molecule has 1 saturated heterocycles. The minimum absolute atomic E-state index is 0.0514. The lowest BCUT2D eigenvalue weighted by atomic mass is 10.0. The molecule has 28 heavy (non-hydrogen) atoms. The van der Waals surface area contributed by atoms with Crippen LogP contribution < -0.4 is 9.64 Å². The maximum absolute atomic E-state index is 13.3. The summed E-state index contributed by atoms with van der Waals surface area (Å²) in [5, 5.41) is 10.3. The number of hydrogen-bond donors (Lipinski definition) is 1. The summed E-state index contributed by atoms with van der Waals surface area (Å²) in [7, 11) is 1.54. The number of para-hydroxylation sites is 1. The lowest BCUT2D eigenvalue weighted by Crippen LogP contribution is -2.47. The van der Waals surface area contributed by atoms with E-state index in [0.29, 0.717) is 18.7 Å². The van der Waals surface area contributed by atoms with Crippen molar-refractivity contribution in [3.8, 4) is 11.5 Å². The molecule has 0 aromatic heterocycles. The Kier molecular flexibility index (Phi) is 6.52. The van der Waals surface area contributed by atoms with Crippen LogP contribution in [0, 0.1) is 5.82 Å². The second-order valence-electron chi connectivity index (χ2n) is 7.07. The molecule has 0 atom stereocenters. The number of carbonyl (C=O) groups is 1. The van der Waals surface area contributed by atoms with Crippen LogP contribution in [0.15, 0.2) is 42.5 Å². The molecule has 2 aromatic carbocycles. The number of phenolic OH excluding ortho intramolecular Hbond substituents is 1. The number of rotatable bonds is 6. The summed E-state index contributed by atoms with van der Waals surface area (Å²) in [6.45, 7) is 4.11. The van der Waals surface area contributed by atoms with Crippen LogP contribution in [-0.2, 0) is 11.3 Å². The topological polar surface area (TPSA) is 53.0 Å². The van der Waals surface area contributed by atoms with E-state index in [2.05, 4.69) is 4.90 Å². The maximum atomic E-state index is 13.3. The average molecular weight is 386 g/mol. The number of piperidine rings is 1. The summed E-state index contributed by atoms with van der Waals surface area (Å²) < 4.78 is 18.5. The van der Waals surface area contributed by atoms with E-state index in [4.69, 9.17) is 4.74 Å². The highest BCUT2D eigenvalue weighted by atomic mass is 19.1. The zero-order valence-electron chi connectivity index (χ0n) is 16.4. The number of likely N-dealkylation sites (tertiary alicyclic amines) is 1. The van der Waals surface area contributed by atoms with Crippen molar-refractivity contribution in [2.45, 2.75) is 38.8 Å². The van der Waals surface area contributed by atoms with Crippen molar-refractivity contribution in [1.82, 2.24) is 4.90 Å². The number of phenols is 1. The lowest BCUT2D eigenvalue weighted by Gasteiger charge is -2.38. The number of ether oxygens (including phenoxy) is 1. The first-order valence-corrected chi connectivity index (χ1v) is 9.68. The van der Waals surface area contributed by atoms with Gasteiger partial charge in [-0.25, -0.2) is 4.39 Å². The Morgan fingerprint density at radius 2 is 1.89 bits per heavy atom. The Morgan fingerprint density at radius 1 is 1.21 bits per heavy atom. The monoisotopic (exact) mass is 386 g/mol. The van der Waals surface area contributed by atoms with Crippen molar-refractivity contribution in [1.29, 1.82) is 0 Å². The standard InChI is InChI=1S/C22H27FN2O3/c1-3-21(26)25(18-9-7-17(23)8-10-18)19-11-13-24(14-12-19)15-16-5-4-6-20(28-2)22(16)27/h4-10,19,27H,3,11-15H2,1-2H3. The molecule has 5 nitrogen and oxygen atoms in total. The van der Waals surface area contributed by atoms with Gasteiger partial charge in [0.1, 0.15) is 5.82 Å². The zero-order chi connectivity index (χ0) is 20.1. The van der Waals surface area contributed by atoms with Gasteiger partial charge in [-0.05, 0) is 43.2 Å². The highest BCUT2D eigenvalue weighted by molar-refractivity contribution is 5.93. The molecule has 1 aliphatic heterocycles. The van der Waals surface area contributed by atoms with Crippen molar-refractivity contribution >= 4 is 11.6 Å². The van der Waals surface area contributed by atoms with Crippen molar-refractivity contribution in [2.24, 2.45) is 0 Å². The number of amides is 1. The van der Waals surface area contributed by atoms with Gasteiger partial charge >= 0.3 is 0 Å². The van der Waals surface area contributed by atoms with Gasteiger partial charge in [0.05, 0.1) is 7.11 Å². The largest absolute Gasteiger partial charge is 0.504 e. The molecule has 0 bridgehead atoms. The Hall–Kier alpha value is -2.60. The molecule has 0 spiro atoms. The maximum Gasteiger partial charge on any atom is 0.226 e. The predicted molar refractivity (Wildman–Crippen MR) is 107 cm³/mol. The number of nitrogens with zero attached hydrogens (tertiary/aromatic N) is 2. The van der Waals surface area contributed by atoms with Gasteiger partial charge in [-0.3, -0.25) is 9.69 Å². The molecule has 1 amide bonds. The number of aromatic hydroxyl groups is 1. The predicted octanol–water partition coefficient (Wildman–Crippen LogP) is 3.95. The number of methoxy groups -OCH3 is 1. The second-order valence-corrected chi connectivity index (χ2v) is 7.07. The molecule has 1 fully saturated rings. The summed E-state index contributed by atoms with van der Waals surface area (Å²) in [6, 6.07) is 11.7. The quantitative estimate of drug-likeness (QED) is 0.817. The highest BCUT2D eigenvalue weighted by Gasteiger charge is 2.28. The van der Waals surface area contributed by atoms with Crippen molar-refractivity contribution in [3.63, 3.8) is 0 Å². The van der Waals surface area contributed by atoms with Crippen LogP contribution in [0.25, 0.3) is 0 Å². The highest BCUT2D eigenvalue weighted by Crippen LogP contribution is 2.31. The lowest BCUT2D eigenvalue weighted by molar-refractivity contribution is -0.119. The summed E-state index contributed by atoms with van der Waals surface area (Å²) in [5.74, 6) is 0.403. The Labute approximate surface area is 165 Å². The van der Waals surface area contributed by atoms with Crippen molar-refractivity contribution in [2.75, 3.05) is 25.1 Å². The Morgan fingerprint density at radius 3 is 2.50 bits per heavy atom. The first kappa shape index (κ1) is 20.1. The number of hydrogen-bond acceptors (Lipinski definition) is 4. The molecule has 6 heteroatoms. The molecule has 2 aromatic rings. The average Bonchev–Trinajstić information content (AvgIpc) is 2.72. The third kappa shape index (κ3) is 4.44. The fraction of sp³-hybridized carbons (Fsp3) is 0.409. The van der Waals surface area contributed by atoms with Crippen LogP contribution in [0.3, 0.4) is 0 Å². The first-order valence-electron chi connectivity index (χ1n) is 9.68. The normalized spacial score (nSPS) is 15.4. The molecular formula is C22H27FN2O3. The molecular weight excluding hydrogens is 359 g/mol. The molecule has 0 aliphatic carbocycles. The van der Waals surface area contributed by atoms with Crippen LogP contribution >= 0.6 is 0 Å². The third-order valence-corrected chi connectivity index (χ3v) is 5.29. The van der Waals surface area contributed by atoms with Gasteiger partial charge in [0.2, 0.25) is 5.91 Å². The van der Waals surface area contributed by atoms with Gasteiger partial charge in [0, 0.05) is 43.3 Å². The number of carbonyl (C=O) groups excluding carboxylic acids is 1. The summed E-state index contributed by atoms with van der Waals surface area (Å²) >= 11 is 0. The molecule has 150 valence electrons. The van der Waals surface area contributed by atoms with Crippen molar-refractivity contribution in [3.05, 3.63) is 53.8 Å². The number of halogens is 1. The van der Waals surface area contributed by atoms with Gasteiger partial charge in [-0.1, -0.05) is 19.1 Å². The third-order valence-electron chi connectivity index (χ3n) is 5.29. The van der Waals surface area contributed by atoms with Crippen LogP contribution in [0.1, 0.15) is 31.7 Å². The van der Waals surface area contributed by atoms with Gasteiger partial charge in [0.15, 0.2) is 11.5 Å². The molecule has 1 aliphatic rings. The summed E-state index contributed by atoms with van der Waals surface area (Å²) in [4.78, 5) is 16.6. The van der Waals surface area contributed by atoms with E-state index in [1.54, 1.807) is 25.3 Å². The van der Waals surface area contributed by atoms with E-state index in [0.717, 1.165) is 37.2 Å². The van der Waals surface area contributed by atoms with Crippen LogP contribution in [0.4, 0.5) is 10.1 Å². The van der Waals surface area contributed by atoms with Crippen LogP contribution in [0.2, 0.25) is 0 Å². The molecule has 0 radical (unpaired) electrons. The van der Waals surface area contributed by atoms with Gasteiger partial charge in [-0.15, -0.1) is 0 Å². The van der Waals surface area contributed by atoms with Gasteiger partial charge in [-0.2, -0.15) is 0 Å².